The van der Waals surface area contributed by atoms with Gasteiger partial charge in [0, 0.05) is 13.0 Å². The summed E-state index contributed by atoms with van der Waals surface area (Å²) in [5, 5.41) is 0. The minimum atomic E-state index is 0.630. The van der Waals surface area contributed by atoms with E-state index in [1.54, 1.807) is 0 Å². The van der Waals surface area contributed by atoms with Crippen LogP contribution in [-0.2, 0) is 7.05 Å². The van der Waals surface area contributed by atoms with Crippen molar-refractivity contribution in [3.63, 3.8) is 0 Å². The lowest BCUT2D eigenvalue weighted by molar-refractivity contribution is 0.423. The van der Waals surface area contributed by atoms with Crippen LogP contribution >= 0.6 is 0 Å². The number of hydrazine groups is 1. The number of nitrogen functional groups attached to an aromatic ring is 1. The summed E-state index contributed by atoms with van der Waals surface area (Å²) in [5.41, 5.74) is 5.85. The SMILES string of the molecule is Cn1c(C2CCCCC2)nc2ccc(NN)cc21. The Labute approximate surface area is 107 Å². The van der Waals surface area contributed by atoms with Gasteiger partial charge < -0.3 is 9.99 Å². The molecule has 0 saturated heterocycles. The molecule has 1 aromatic carbocycles. The van der Waals surface area contributed by atoms with E-state index >= 15 is 0 Å². The summed E-state index contributed by atoms with van der Waals surface area (Å²) in [7, 11) is 2.11. The number of fused-ring (bicyclic) bond motifs is 1. The van der Waals surface area contributed by atoms with Crippen molar-refractivity contribution < 1.29 is 0 Å². The average molecular weight is 244 g/mol. The Hall–Kier alpha value is -1.55. The Balaban J connectivity index is 2.04. The third-order valence-corrected chi connectivity index (χ3v) is 4.05. The molecule has 1 saturated carbocycles. The van der Waals surface area contributed by atoms with E-state index in [0.717, 1.165) is 16.7 Å². The second-order valence-electron chi connectivity index (χ2n) is 5.21. The standard InChI is InChI=1S/C14H20N4/c1-18-13-9-11(17-15)7-8-12(13)16-14(18)10-5-3-2-4-6-10/h7-10,17H,2-6,15H2,1H3. The summed E-state index contributed by atoms with van der Waals surface area (Å²) in [6.45, 7) is 0. The molecule has 4 nitrogen and oxygen atoms in total. The van der Waals surface area contributed by atoms with Crippen LogP contribution in [0.25, 0.3) is 11.0 Å². The van der Waals surface area contributed by atoms with Crippen LogP contribution in [0, 0.1) is 0 Å². The molecule has 2 aromatic rings. The number of hydrogen-bond donors (Lipinski definition) is 2. The fourth-order valence-corrected chi connectivity index (χ4v) is 3.02. The number of hydrogen-bond acceptors (Lipinski definition) is 3. The van der Waals surface area contributed by atoms with E-state index in [2.05, 4.69) is 23.1 Å². The highest BCUT2D eigenvalue weighted by Gasteiger charge is 2.21. The number of rotatable bonds is 2. The van der Waals surface area contributed by atoms with Crippen molar-refractivity contribution in [1.82, 2.24) is 9.55 Å². The molecule has 3 N–H and O–H groups in total. The lowest BCUT2D eigenvalue weighted by Gasteiger charge is -2.21. The molecule has 3 rings (SSSR count). The second kappa shape index (κ2) is 4.61. The lowest BCUT2D eigenvalue weighted by Crippen LogP contribution is -2.10. The summed E-state index contributed by atoms with van der Waals surface area (Å²) in [6.07, 6.45) is 6.60. The Morgan fingerprint density at radius 3 is 2.78 bits per heavy atom. The molecular formula is C14H20N4. The topological polar surface area (TPSA) is 55.9 Å². The molecule has 1 aliphatic rings. The summed E-state index contributed by atoms with van der Waals surface area (Å²) in [6, 6.07) is 6.07. The molecule has 4 heteroatoms. The Kier molecular flexibility index (Phi) is 2.96. The maximum Gasteiger partial charge on any atom is 0.112 e. The van der Waals surface area contributed by atoms with Crippen molar-refractivity contribution in [3.8, 4) is 0 Å². The van der Waals surface area contributed by atoms with Crippen LogP contribution < -0.4 is 11.3 Å². The van der Waals surface area contributed by atoms with E-state index in [9.17, 15) is 0 Å². The van der Waals surface area contributed by atoms with Gasteiger partial charge in [-0.25, -0.2) is 4.98 Å². The molecule has 0 atom stereocenters. The van der Waals surface area contributed by atoms with Gasteiger partial charge in [-0.15, -0.1) is 0 Å². The zero-order valence-corrected chi connectivity index (χ0v) is 10.8. The molecule has 1 aliphatic carbocycles. The third-order valence-electron chi connectivity index (χ3n) is 4.05. The number of nitrogens with one attached hydrogen (secondary N) is 1. The van der Waals surface area contributed by atoms with Crippen molar-refractivity contribution in [3.05, 3.63) is 24.0 Å². The Morgan fingerprint density at radius 2 is 2.06 bits per heavy atom. The van der Waals surface area contributed by atoms with E-state index in [1.165, 1.54) is 37.9 Å². The first-order valence-corrected chi connectivity index (χ1v) is 6.72. The van der Waals surface area contributed by atoms with Crippen molar-refractivity contribution in [2.45, 2.75) is 38.0 Å². The fraction of sp³-hybridized carbons (Fsp3) is 0.500. The average Bonchev–Trinajstić information content (AvgIpc) is 2.77. The summed E-state index contributed by atoms with van der Waals surface area (Å²) < 4.78 is 2.23. The smallest absolute Gasteiger partial charge is 0.112 e. The van der Waals surface area contributed by atoms with Gasteiger partial charge in [-0.3, -0.25) is 5.84 Å². The second-order valence-corrected chi connectivity index (χ2v) is 5.21. The van der Waals surface area contributed by atoms with Crippen molar-refractivity contribution >= 4 is 16.7 Å². The van der Waals surface area contributed by atoms with Crippen LogP contribution in [0.5, 0.6) is 0 Å². The molecule has 1 heterocycles. The monoisotopic (exact) mass is 244 g/mol. The van der Waals surface area contributed by atoms with Gasteiger partial charge in [0.15, 0.2) is 0 Å². The van der Waals surface area contributed by atoms with Gasteiger partial charge >= 0.3 is 0 Å². The highest BCUT2D eigenvalue weighted by molar-refractivity contribution is 5.80. The zero-order chi connectivity index (χ0) is 12.5. The van der Waals surface area contributed by atoms with Crippen LogP contribution in [0.4, 0.5) is 5.69 Å². The van der Waals surface area contributed by atoms with Gasteiger partial charge in [-0.2, -0.15) is 0 Å². The van der Waals surface area contributed by atoms with E-state index in [1.807, 2.05) is 12.1 Å². The predicted molar refractivity (Wildman–Crippen MR) is 74.4 cm³/mol. The number of imidazole rings is 1. The lowest BCUT2D eigenvalue weighted by atomic mass is 9.89. The fourth-order valence-electron chi connectivity index (χ4n) is 3.02. The van der Waals surface area contributed by atoms with Gasteiger partial charge in [-0.1, -0.05) is 19.3 Å². The van der Waals surface area contributed by atoms with E-state index in [-0.39, 0.29) is 0 Å². The molecule has 1 aromatic heterocycles. The molecule has 0 unspecified atom stereocenters. The molecule has 1 fully saturated rings. The highest BCUT2D eigenvalue weighted by atomic mass is 15.2. The first-order valence-electron chi connectivity index (χ1n) is 6.72. The van der Waals surface area contributed by atoms with Gasteiger partial charge in [0.25, 0.3) is 0 Å². The molecule has 0 spiro atoms. The van der Waals surface area contributed by atoms with Crippen LogP contribution in [0.3, 0.4) is 0 Å². The number of nitrogens with two attached hydrogens (primary N) is 1. The molecular weight excluding hydrogens is 224 g/mol. The molecule has 96 valence electrons. The number of nitrogens with zero attached hydrogens (tertiary/aromatic N) is 2. The van der Waals surface area contributed by atoms with Crippen LogP contribution in [0.1, 0.15) is 43.8 Å². The first-order chi connectivity index (χ1) is 8.79. The van der Waals surface area contributed by atoms with Gasteiger partial charge in [-0.05, 0) is 31.0 Å². The van der Waals surface area contributed by atoms with Crippen molar-refractivity contribution in [2.24, 2.45) is 12.9 Å². The predicted octanol–water partition coefficient (Wildman–Crippen LogP) is 2.91. The van der Waals surface area contributed by atoms with Crippen molar-refractivity contribution in [1.29, 1.82) is 0 Å². The maximum atomic E-state index is 5.46. The molecule has 0 aliphatic heterocycles. The van der Waals surface area contributed by atoms with Crippen molar-refractivity contribution in [2.75, 3.05) is 5.43 Å². The number of benzene rings is 1. The highest BCUT2D eigenvalue weighted by Crippen LogP contribution is 2.33. The molecule has 0 amide bonds. The van der Waals surface area contributed by atoms with Crippen LogP contribution in [0.15, 0.2) is 18.2 Å². The van der Waals surface area contributed by atoms with E-state index in [0.29, 0.717) is 5.92 Å². The summed E-state index contributed by atoms with van der Waals surface area (Å²) >= 11 is 0. The minimum Gasteiger partial charge on any atom is -0.331 e. The summed E-state index contributed by atoms with van der Waals surface area (Å²) in [5.74, 6) is 7.33. The third kappa shape index (κ3) is 1.86. The summed E-state index contributed by atoms with van der Waals surface area (Å²) in [4.78, 5) is 4.81. The van der Waals surface area contributed by atoms with Crippen LogP contribution in [-0.4, -0.2) is 9.55 Å². The van der Waals surface area contributed by atoms with E-state index < -0.39 is 0 Å². The van der Waals surface area contributed by atoms with Crippen LogP contribution in [0.2, 0.25) is 0 Å². The Morgan fingerprint density at radius 1 is 1.28 bits per heavy atom. The van der Waals surface area contributed by atoms with E-state index in [4.69, 9.17) is 10.8 Å². The normalized spacial score (nSPS) is 17.2. The number of anilines is 1. The zero-order valence-electron chi connectivity index (χ0n) is 10.8. The maximum absolute atomic E-state index is 5.46. The molecule has 0 bridgehead atoms. The number of aryl methyl sites for hydroxylation is 1. The largest absolute Gasteiger partial charge is 0.331 e. The first kappa shape index (κ1) is 11.5. The molecule has 18 heavy (non-hydrogen) atoms. The quantitative estimate of drug-likeness (QED) is 0.631. The van der Waals surface area contributed by atoms with Gasteiger partial charge in [0.1, 0.15) is 5.82 Å². The minimum absolute atomic E-state index is 0.630. The van der Waals surface area contributed by atoms with Gasteiger partial charge in [0.05, 0.1) is 16.7 Å². The Bertz CT molecular complexity index is 552. The number of aromatic nitrogens is 2. The van der Waals surface area contributed by atoms with Gasteiger partial charge in [0.2, 0.25) is 0 Å². The molecule has 0 radical (unpaired) electrons.